The summed E-state index contributed by atoms with van der Waals surface area (Å²) in [6.07, 6.45) is 1.54. The van der Waals surface area contributed by atoms with Crippen LogP contribution in [0.5, 0.6) is 0 Å². The van der Waals surface area contributed by atoms with Crippen LogP contribution in [0.25, 0.3) is 22.6 Å². The zero-order valence-corrected chi connectivity index (χ0v) is 15.9. The minimum atomic E-state index is -0.0932. The van der Waals surface area contributed by atoms with Gasteiger partial charge >= 0.3 is 5.97 Å². The number of nitrogens with zero attached hydrogens (tertiary/aromatic N) is 2. The molecule has 146 valence electrons. The number of hydrogen-bond donors (Lipinski definition) is 2. The number of esters is 1. The van der Waals surface area contributed by atoms with Gasteiger partial charge in [-0.1, -0.05) is 12.1 Å². The maximum atomic E-state index is 11.9. The summed E-state index contributed by atoms with van der Waals surface area (Å²) < 4.78 is 10.9. The molecule has 0 spiro atoms. The molecule has 2 heterocycles. The van der Waals surface area contributed by atoms with E-state index < -0.39 is 0 Å². The smallest absolute Gasteiger partial charge is 0.309 e. The predicted octanol–water partition coefficient (Wildman–Crippen LogP) is 3.68. The molecule has 28 heavy (non-hydrogen) atoms. The van der Waals surface area contributed by atoms with Crippen molar-refractivity contribution < 1.29 is 13.9 Å². The zero-order valence-electron chi connectivity index (χ0n) is 15.9. The molecular weight excluding hydrogens is 356 g/mol. The fourth-order valence-electron chi connectivity index (χ4n) is 3.45. The van der Waals surface area contributed by atoms with Crippen LogP contribution in [-0.2, 0) is 9.53 Å². The highest BCUT2D eigenvalue weighted by atomic mass is 16.5. The molecule has 1 fully saturated rings. The summed E-state index contributed by atoms with van der Waals surface area (Å²) in [7, 11) is 0. The molecule has 1 saturated heterocycles. The number of anilines is 2. The number of carbonyl (C=O) groups excluding carboxylic acids is 1. The molecule has 7 heteroatoms. The largest absolute Gasteiger partial charge is 0.466 e. The summed E-state index contributed by atoms with van der Waals surface area (Å²) in [6, 6.07) is 13.4. The first-order valence-corrected chi connectivity index (χ1v) is 9.57. The number of benzene rings is 2. The van der Waals surface area contributed by atoms with E-state index in [0.717, 1.165) is 48.3 Å². The Labute approximate surface area is 163 Å². The van der Waals surface area contributed by atoms with Crippen molar-refractivity contribution in [3.63, 3.8) is 0 Å². The van der Waals surface area contributed by atoms with Gasteiger partial charge in [-0.3, -0.25) is 4.79 Å². The Kier molecular flexibility index (Phi) is 5.16. The predicted molar refractivity (Wildman–Crippen MR) is 108 cm³/mol. The van der Waals surface area contributed by atoms with Crippen molar-refractivity contribution in [2.24, 2.45) is 5.92 Å². The normalized spacial score (nSPS) is 15.6. The van der Waals surface area contributed by atoms with Crippen molar-refractivity contribution in [3.8, 4) is 11.5 Å². The third-order valence-corrected chi connectivity index (χ3v) is 4.99. The number of hydrogen-bond acceptors (Lipinski definition) is 7. The molecule has 2 aromatic carbocycles. The number of fused-ring (bicyclic) bond motifs is 1. The molecule has 0 radical (unpaired) electrons. The first-order chi connectivity index (χ1) is 13.6. The highest BCUT2D eigenvalue weighted by Gasteiger charge is 2.26. The summed E-state index contributed by atoms with van der Waals surface area (Å²) in [4.78, 5) is 16.4. The van der Waals surface area contributed by atoms with E-state index in [4.69, 9.17) is 14.9 Å². The van der Waals surface area contributed by atoms with Crippen molar-refractivity contribution in [2.45, 2.75) is 19.8 Å². The van der Waals surface area contributed by atoms with Crippen molar-refractivity contribution in [1.82, 2.24) is 9.99 Å². The van der Waals surface area contributed by atoms with E-state index in [9.17, 15) is 4.79 Å². The molecule has 0 atom stereocenters. The van der Waals surface area contributed by atoms with E-state index in [0.29, 0.717) is 18.2 Å². The van der Waals surface area contributed by atoms with Crippen molar-refractivity contribution in [2.75, 3.05) is 30.9 Å². The van der Waals surface area contributed by atoms with E-state index in [1.54, 1.807) is 0 Å². The van der Waals surface area contributed by atoms with Gasteiger partial charge in [-0.25, -0.2) is 9.99 Å². The second-order valence-corrected chi connectivity index (χ2v) is 6.91. The van der Waals surface area contributed by atoms with Crippen molar-refractivity contribution in [1.29, 1.82) is 0 Å². The molecule has 1 aromatic heterocycles. The Morgan fingerprint density at radius 1 is 1.29 bits per heavy atom. The minimum Gasteiger partial charge on any atom is -0.466 e. The summed E-state index contributed by atoms with van der Waals surface area (Å²) in [5.74, 6) is 0.441. The second-order valence-electron chi connectivity index (χ2n) is 6.91. The number of nitrogen functional groups attached to an aromatic ring is 1. The van der Waals surface area contributed by atoms with Gasteiger partial charge in [0.05, 0.1) is 23.9 Å². The second kappa shape index (κ2) is 7.90. The van der Waals surface area contributed by atoms with Crippen LogP contribution in [0.15, 0.2) is 46.9 Å². The quantitative estimate of drug-likeness (QED) is 0.515. The molecule has 0 unspecified atom stereocenters. The highest BCUT2D eigenvalue weighted by Crippen LogP contribution is 2.30. The molecule has 1 aliphatic rings. The van der Waals surface area contributed by atoms with E-state index in [2.05, 4.69) is 15.4 Å². The number of para-hydroxylation sites is 2. The number of carbonyl (C=O) groups is 1. The van der Waals surface area contributed by atoms with Crippen LogP contribution in [0.2, 0.25) is 0 Å². The Hall–Kier alpha value is -3.06. The van der Waals surface area contributed by atoms with E-state index in [1.165, 1.54) is 0 Å². The van der Waals surface area contributed by atoms with Gasteiger partial charge in [-0.05, 0) is 50.1 Å². The van der Waals surface area contributed by atoms with Crippen LogP contribution < -0.4 is 11.2 Å². The first-order valence-electron chi connectivity index (χ1n) is 9.57. The van der Waals surface area contributed by atoms with Gasteiger partial charge in [-0.2, -0.15) is 0 Å². The van der Waals surface area contributed by atoms with Gasteiger partial charge in [0.15, 0.2) is 5.58 Å². The summed E-state index contributed by atoms with van der Waals surface area (Å²) >= 11 is 0. The average Bonchev–Trinajstić information content (AvgIpc) is 3.14. The first kappa shape index (κ1) is 18.3. The van der Waals surface area contributed by atoms with Crippen molar-refractivity contribution >= 4 is 28.4 Å². The maximum absolute atomic E-state index is 11.9. The lowest BCUT2D eigenvalue weighted by molar-refractivity contribution is -0.149. The van der Waals surface area contributed by atoms with Crippen LogP contribution in [0.4, 0.5) is 11.4 Å². The van der Waals surface area contributed by atoms with Crippen LogP contribution in [0, 0.1) is 5.92 Å². The SMILES string of the molecule is CCOC(=O)C1CCN(Nc2ccc(-c3nc4ccccc4o3)cc2N)CC1. The van der Waals surface area contributed by atoms with Gasteiger partial charge in [-0.15, -0.1) is 0 Å². The number of nitrogens with two attached hydrogens (primary N) is 1. The van der Waals surface area contributed by atoms with Gasteiger partial charge in [0.25, 0.3) is 0 Å². The van der Waals surface area contributed by atoms with E-state index in [-0.39, 0.29) is 11.9 Å². The topological polar surface area (TPSA) is 93.6 Å². The molecule has 0 saturated carbocycles. The number of piperidine rings is 1. The third kappa shape index (κ3) is 3.80. The lowest BCUT2D eigenvalue weighted by atomic mass is 9.98. The Bertz CT molecular complexity index is 944. The van der Waals surface area contributed by atoms with Gasteiger partial charge in [0.2, 0.25) is 5.89 Å². The van der Waals surface area contributed by atoms with Gasteiger partial charge in [0.1, 0.15) is 5.52 Å². The number of nitrogens with one attached hydrogen (secondary N) is 1. The van der Waals surface area contributed by atoms with E-state index in [1.807, 2.05) is 49.4 Å². The molecule has 3 N–H and O–H groups in total. The lowest BCUT2D eigenvalue weighted by Gasteiger charge is -2.32. The zero-order chi connectivity index (χ0) is 19.5. The summed E-state index contributed by atoms with van der Waals surface area (Å²) in [5, 5.41) is 2.08. The maximum Gasteiger partial charge on any atom is 0.309 e. The fraction of sp³-hybridized carbons (Fsp3) is 0.333. The Balaban J connectivity index is 1.42. The molecule has 0 amide bonds. The Morgan fingerprint density at radius 2 is 2.07 bits per heavy atom. The Morgan fingerprint density at radius 3 is 2.79 bits per heavy atom. The number of ether oxygens (including phenoxy) is 1. The number of hydrazine groups is 1. The molecule has 4 rings (SSSR count). The van der Waals surface area contributed by atoms with Gasteiger partial charge in [0, 0.05) is 18.7 Å². The lowest BCUT2D eigenvalue weighted by Crippen LogP contribution is -2.40. The van der Waals surface area contributed by atoms with E-state index >= 15 is 0 Å². The molecular formula is C21H24N4O3. The molecule has 0 bridgehead atoms. The van der Waals surface area contributed by atoms with Crippen molar-refractivity contribution in [3.05, 3.63) is 42.5 Å². The number of rotatable bonds is 5. The monoisotopic (exact) mass is 380 g/mol. The minimum absolute atomic E-state index is 0.0168. The van der Waals surface area contributed by atoms with Crippen LogP contribution in [-0.4, -0.2) is 35.7 Å². The highest BCUT2D eigenvalue weighted by molar-refractivity contribution is 5.78. The van der Waals surface area contributed by atoms with Gasteiger partial charge < -0.3 is 20.3 Å². The summed E-state index contributed by atoms with van der Waals surface area (Å²) in [5.41, 5.74) is 13.5. The fourth-order valence-corrected chi connectivity index (χ4v) is 3.45. The molecule has 7 nitrogen and oxygen atoms in total. The molecule has 0 aliphatic carbocycles. The molecule has 3 aromatic rings. The van der Waals surface area contributed by atoms with Crippen LogP contribution >= 0.6 is 0 Å². The third-order valence-electron chi connectivity index (χ3n) is 4.99. The number of aromatic nitrogens is 1. The summed E-state index contributed by atoms with van der Waals surface area (Å²) in [6.45, 7) is 3.79. The number of oxazole rings is 1. The van der Waals surface area contributed by atoms with Crippen LogP contribution in [0.3, 0.4) is 0 Å². The molecule has 1 aliphatic heterocycles. The average molecular weight is 380 g/mol. The van der Waals surface area contributed by atoms with Crippen LogP contribution in [0.1, 0.15) is 19.8 Å². The standard InChI is InChI=1S/C21H24N4O3/c1-2-27-21(26)14-9-11-25(12-10-14)24-17-8-7-15(13-16(17)22)20-23-18-5-3-4-6-19(18)28-20/h3-8,13-14,24H,2,9-12,22H2,1H3.